The zero-order valence-corrected chi connectivity index (χ0v) is 19.6. The fourth-order valence-electron chi connectivity index (χ4n) is 3.25. The quantitative estimate of drug-likeness (QED) is 0.717. The molecule has 30 heavy (non-hydrogen) atoms. The highest BCUT2D eigenvalue weighted by atomic mass is 32.2. The standard InChI is InChI=1S/C23H32N2O4S/c1-16(18-11-13-19(14-12-18)23(3,4)5)24-22(26)17(2)25(30(7,27)28)20-9-8-10-21(15-20)29-6/h8-17H,1-7H3,(H,24,26)/t16-,17-/m0/s1. The van der Waals surface area contributed by atoms with Crippen LogP contribution in [0.15, 0.2) is 48.5 Å². The maximum atomic E-state index is 12.9. The molecule has 0 saturated carbocycles. The fraction of sp³-hybridized carbons (Fsp3) is 0.435. The smallest absolute Gasteiger partial charge is 0.244 e. The number of sulfonamides is 1. The number of hydrogen-bond acceptors (Lipinski definition) is 4. The Balaban J connectivity index is 2.22. The predicted molar refractivity (Wildman–Crippen MR) is 121 cm³/mol. The first-order valence-corrected chi connectivity index (χ1v) is 11.7. The van der Waals surface area contributed by atoms with Gasteiger partial charge in [0.15, 0.2) is 0 Å². The molecule has 6 nitrogen and oxygen atoms in total. The first kappa shape index (κ1) is 23.7. The van der Waals surface area contributed by atoms with E-state index in [1.54, 1.807) is 31.2 Å². The van der Waals surface area contributed by atoms with Gasteiger partial charge in [0, 0.05) is 6.07 Å². The van der Waals surface area contributed by atoms with Gasteiger partial charge < -0.3 is 10.1 Å². The van der Waals surface area contributed by atoms with Crippen LogP contribution in [0.25, 0.3) is 0 Å². The van der Waals surface area contributed by atoms with Crippen molar-refractivity contribution in [1.82, 2.24) is 5.32 Å². The maximum absolute atomic E-state index is 12.9. The van der Waals surface area contributed by atoms with Crippen molar-refractivity contribution < 1.29 is 17.9 Å². The number of hydrogen-bond donors (Lipinski definition) is 1. The number of nitrogens with one attached hydrogen (secondary N) is 1. The highest BCUT2D eigenvalue weighted by Crippen LogP contribution is 2.26. The number of nitrogens with zero attached hydrogens (tertiary/aromatic N) is 1. The average Bonchev–Trinajstić information content (AvgIpc) is 2.66. The van der Waals surface area contributed by atoms with Gasteiger partial charge in [0.2, 0.25) is 15.9 Å². The van der Waals surface area contributed by atoms with E-state index in [-0.39, 0.29) is 17.4 Å². The summed E-state index contributed by atoms with van der Waals surface area (Å²) in [4.78, 5) is 12.9. The van der Waals surface area contributed by atoms with Crippen LogP contribution in [-0.2, 0) is 20.2 Å². The third kappa shape index (κ3) is 5.75. The normalized spacial score (nSPS) is 14.0. The van der Waals surface area contributed by atoms with Gasteiger partial charge in [0.05, 0.1) is 25.1 Å². The van der Waals surface area contributed by atoms with Crippen LogP contribution in [0.3, 0.4) is 0 Å². The van der Waals surface area contributed by atoms with Gasteiger partial charge in [-0.25, -0.2) is 8.42 Å². The second-order valence-electron chi connectivity index (χ2n) is 8.54. The van der Waals surface area contributed by atoms with Crippen molar-refractivity contribution in [3.05, 3.63) is 59.7 Å². The van der Waals surface area contributed by atoms with E-state index < -0.39 is 16.1 Å². The van der Waals surface area contributed by atoms with E-state index >= 15 is 0 Å². The fourth-order valence-corrected chi connectivity index (χ4v) is 4.41. The van der Waals surface area contributed by atoms with Crippen molar-refractivity contribution in [1.29, 1.82) is 0 Å². The summed E-state index contributed by atoms with van der Waals surface area (Å²) in [5, 5.41) is 2.93. The summed E-state index contributed by atoms with van der Waals surface area (Å²) in [6.45, 7) is 9.89. The second-order valence-corrected chi connectivity index (χ2v) is 10.4. The summed E-state index contributed by atoms with van der Waals surface area (Å²) < 4.78 is 31.2. The zero-order chi connectivity index (χ0) is 22.7. The molecule has 0 aromatic heterocycles. The molecule has 0 aliphatic heterocycles. The van der Waals surface area contributed by atoms with Gasteiger partial charge in [-0.1, -0.05) is 51.1 Å². The number of carbonyl (C=O) groups excluding carboxylic acids is 1. The lowest BCUT2D eigenvalue weighted by Gasteiger charge is -2.29. The van der Waals surface area contributed by atoms with E-state index in [0.717, 1.165) is 16.1 Å². The van der Waals surface area contributed by atoms with Gasteiger partial charge in [0.25, 0.3) is 0 Å². The summed E-state index contributed by atoms with van der Waals surface area (Å²) in [5.41, 5.74) is 2.59. The Labute approximate surface area is 180 Å². The van der Waals surface area contributed by atoms with Crippen molar-refractivity contribution in [3.8, 4) is 5.75 Å². The first-order chi connectivity index (χ1) is 13.8. The predicted octanol–water partition coefficient (Wildman–Crippen LogP) is 4.02. The maximum Gasteiger partial charge on any atom is 0.244 e. The van der Waals surface area contributed by atoms with Crippen molar-refractivity contribution in [3.63, 3.8) is 0 Å². The summed E-state index contributed by atoms with van der Waals surface area (Å²) in [6, 6.07) is 13.6. The van der Waals surface area contributed by atoms with Crippen LogP contribution in [0.4, 0.5) is 5.69 Å². The second kappa shape index (κ2) is 9.08. The summed E-state index contributed by atoms with van der Waals surface area (Å²) >= 11 is 0. The van der Waals surface area contributed by atoms with Crippen molar-refractivity contribution >= 4 is 21.6 Å². The Morgan fingerprint density at radius 3 is 2.17 bits per heavy atom. The van der Waals surface area contributed by atoms with Crippen LogP contribution in [0.1, 0.15) is 51.8 Å². The topological polar surface area (TPSA) is 75.7 Å². The molecule has 7 heteroatoms. The lowest BCUT2D eigenvalue weighted by atomic mass is 9.86. The van der Waals surface area contributed by atoms with Gasteiger partial charge in [-0.3, -0.25) is 9.10 Å². The summed E-state index contributed by atoms with van der Waals surface area (Å²) in [5.74, 6) is 0.136. The molecule has 0 fully saturated rings. The molecule has 2 aromatic carbocycles. The minimum absolute atomic E-state index is 0.0479. The molecule has 2 atom stereocenters. The number of methoxy groups -OCH3 is 1. The van der Waals surface area contributed by atoms with Gasteiger partial charge >= 0.3 is 0 Å². The largest absolute Gasteiger partial charge is 0.497 e. The average molecular weight is 433 g/mol. The lowest BCUT2D eigenvalue weighted by molar-refractivity contribution is -0.122. The van der Waals surface area contributed by atoms with Crippen LogP contribution < -0.4 is 14.4 Å². The Morgan fingerprint density at radius 1 is 1.07 bits per heavy atom. The zero-order valence-electron chi connectivity index (χ0n) is 18.8. The molecule has 0 spiro atoms. The number of benzene rings is 2. The molecule has 2 rings (SSSR count). The Morgan fingerprint density at radius 2 is 1.67 bits per heavy atom. The van der Waals surface area contributed by atoms with E-state index in [9.17, 15) is 13.2 Å². The third-order valence-electron chi connectivity index (χ3n) is 5.03. The van der Waals surface area contributed by atoms with E-state index in [1.165, 1.54) is 12.7 Å². The first-order valence-electron chi connectivity index (χ1n) is 9.89. The molecule has 0 heterocycles. The molecular weight excluding hydrogens is 400 g/mol. The van der Waals surface area contributed by atoms with Crippen LogP contribution in [0.2, 0.25) is 0 Å². The van der Waals surface area contributed by atoms with Crippen molar-refractivity contribution in [2.24, 2.45) is 0 Å². The SMILES string of the molecule is COc1cccc(N([C@@H](C)C(=O)N[C@@H](C)c2ccc(C(C)(C)C)cc2)S(C)(=O)=O)c1. The molecule has 1 N–H and O–H groups in total. The minimum atomic E-state index is -3.69. The molecule has 2 aromatic rings. The van der Waals surface area contributed by atoms with E-state index in [0.29, 0.717) is 11.4 Å². The monoisotopic (exact) mass is 432 g/mol. The highest BCUT2D eigenvalue weighted by Gasteiger charge is 2.30. The van der Waals surface area contributed by atoms with Gasteiger partial charge in [-0.05, 0) is 42.5 Å². The molecule has 0 aliphatic rings. The lowest BCUT2D eigenvalue weighted by Crippen LogP contribution is -2.48. The van der Waals surface area contributed by atoms with Gasteiger partial charge in [0.1, 0.15) is 11.8 Å². The van der Waals surface area contributed by atoms with E-state index in [1.807, 2.05) is 19.1 Å². The van der Waals surface area contributed by atoms with Crippen molar-refractivity contribution in [2.45, 2.75) is 52.1 Å². The van der Waals surface area contributed by atoms with Crippen LogP contribution >= 0.6 is 0 Å². The number of rotatable bonds is 7. The van der Waals surface area contributed by atoms with Gasteiger partial charge in [-0.2, -0.15) is 0 Å². The Hall–Kier alpha value is -2.54. The molecule has 0 radical (unpaired) electrons. The Kier molecular flexibility index (Phi) is 7.18. The van der Waals surface area contributed by atoms with Crippen molar-refractivity contribution in [2.75, 3.05) is 17.7 Å². The molecule has 0 bridgehead atoms. The van der Waals surface area contributed by atoms with E-state index in [4.69, 9.17) is 4.74 Å². The highest BCUT2D eigenvalue weighted by molar-refractivity contribution is 7.92. The van der Waals surface area contributed by atoms with Gasteiger partial charge in [-0.15, -0.1) is 0 Å². The molecular formula is C23H32N2O4S. The molecule has 164 valence electrons. The summed E-state index contributed by atoms with van der Waals surface area (Å²) in [7, 11) is -2.19. The van der Waals surface area contributed by atoms with Crippen LogP contribution in [0, 0.1) is 0 Å². The Bertz CT molecular complexity index is 979. The molecule has 0 aliphatic carbocycles. The van der Waals surface area contributed by atoms with E-state index in [2.05, 4.69) is 38.2 Å². The molecule has 0 unspecified atom stereocenters. The number of ether oxygens (including phenoxy) is 1. The molecule has 0 saturated heterocycles. The number of anilines is 1. The third-order valence-corrected chi connectivity index (χ3v) is 6.27. The van der Waals surface area contributed by atoms with Crippen LogP contribution in [0.5, 0.6) is 5.75 Å². The molecule has 1 amide bonds. The number of amides is 1. The van der Waals surface area contributed by atoms with Crippen LogP contribution in [-0.4, -0.2) is 33.7 Å². The summed E-state index contributed by atoms with van der Waals surface area (Å²) in [6.07, 6.45) is 1.09. The number of carbonyl (C=O) groups is 1. The minimum Gasteiger partial charge on any atom is -0.497 e.